The molecule has 0 spiro atoms. The molecule has 4 nitrogen and oxygen atoms in total. The summed E-state index contributed by atoms with van der Waals surface area (Å²) in [6.07, 6.45) is 0. The summed E-state index contributed by atoms with van der Waals surface area (Å²) in [5, 5.41) is 14.3. The maximum atomic E-state index is 13.4. The van der Waals surface area contributed by atoms with Crippen molar-refractivity contribution in [2.75, 3.05) is 5.32 Å². The minimum absolute atomic E-state index is 0.230. The molecule has 0 aromatic heterocycles. The Bertz CT molecular complexity index is 697. The number of non-ortho nitro benzene ring substituents is 1. The molecule has 0 aliphatic heterocycles. The highest BCUT2D eigenvalue weighted by atomic mass is 79.9. The highest BCUT2D eigenvalue weighted by Crippen LogP contribution is 2.30. The highest BCUT2D eigenvalue weighted by Gasteiger charge is 2.14. The Balaban J connectivity index is 2.27. The SMILES string of the molecule is CC(Nc1cc(F)cc([N+](=O)[O-])c1)c1ccc(Br)cc1Cl. The first-order valence-electron chi connectivity index (χ1n) is 6.03. The van der Waals surface area contributed by atoms with Crippen LogP contribution in [0.3, 0.4) is 0 Å². The zero-order valence-electron chi connectivity index (χ0n) is 10.9. The summed E-state index contributed by atoms with van der Waals surface area (Å²) < 4.78 is 14.2. The summed E-state index contributed by atoms with van der Waals surface area (Å²) >= 11 is 9.47. The van der Waals surface area contributed by atoms with E-state index in [9.17, 15) is 14.5 Å². The van der Waals surface area contributed by atoms with Crippen LogP contribution < -0.4 is 5.32 Å². The van der Waals surface area contributed by atoms with Gasteiger partial charge >= 0.3 is 0 Å². The fourth-order valence-corrected chi connectivity index (χ4v) is 2.78. The van der Waals surface area contributed by atoms with Crippen molar-refractivity contribution in [3.63, 3.8) is 0 Å². The zero-order valence-corrected chi connectivity index (χ0v) is 13.3. The third-order valence-electron chi connectivity index (χ3n) is 2.91. The lowest BCUT2D eigenvalue weighted by molar-refractivity contribution is -0.385. The molecule has 0 fully saturated rings. The van der Waals surface area contributed by atoms with Crippen molar-refractivity contribution < 1.29 is 9.31 Å². The van der Waals surface area contributed by atoms with Gasteiger partial charge in [0.05, 0.1) is 11.0 Å². The Labute approximate surface area is 134 Å². The number of hydrogen-bond donors (Lipinski definition) is 1. The van der Waals surface area contributed by atoms with Crippen LogP contribution in [0.15, 0.2) is 40.9 Å². The molecule has 0 radical (unpaired) electrons. The van der Waals surface area contributed by atoms with E-state index < -0.39 is 10.7 Å². The second-order valence-corrected chi connectivity index (χ2v) is 5.81. The molecule has 0 heterocycles. The van der Waals surface area contributed by atoms with E-state index in [-0.39, 0.29) is 11.7 Å². The van der Waals surface area contributed by atoms with Crippen molar-refractivity contribution >= 4 is 38.9 Å². The summed E-state index contributed by atoms with van der Waals surface area (Å²) in [5.41, 5.74) is 0.839. The van der Waals surface area contributed by atoms with E-state index in [1.807, 2.05) is 19.1 Å². The Morgan fingerprint density at radius 3 is 2.67 bits per heavy atom. The smallest absolute Gasteiger partial charge is 0.274 e. The molecule has 0 saturated heterocycles. The second kappa shape index (κ2) is 6.41. The number of anilines is 1. The van der Waals surface area contributed by atoms with Crippen LogP contribution in [0.25, 0.3) is 0 Å². The van der Waals surface area contributed by atoms with Gasteiger partial charge in [-0.2, -0.15) is 0 Å². The summed E-state index contributed by atoms with van der Waals surface area (Å²) in [5.74, 6) is -0.666. The highest BCUT2D eigenvalue weighted by molar-refractivity contribution is 9.10. The van der Waals surface area contributed by atoms with E-state index in [0.29, 0.717) is 10.7 Å². The number of halogens is 3. The van der Waals surface area contributed by atoms with Crippen LogP contribution in [0.5, 0.6) is 0 Å². The van der Waals surface area contributed by atoms with Gasteiger partial charge in [0, 0.05) is 27.3 Å². The van der Waals surface area contributed by atoms with Crippen LogP contribution >= 0.6 is 27.5 Å². The van der Waals surface area contributed by atoms with Gasteiger partial charge in [0.2, 0.25) is 0 Å². The van der Waals surface area contributed by atoms with Gasteiger partial charge in [0.25, 0.3) is 5.69 Å². The molecular formula is C14H11BrClFN2O2. The van der Waals surface area contributed by atoms with Crippen LogP contribution in [0.1, 0.15) is 18.5 Å². The quantitative estimate of drug-likeness (QED) is 0.582. The Morgan fingerprint density at radius 1 is 1.33 bits per heavy atom. The van der Waals surface area contributed by atoms with Gasteiger partial charge in [-0.05, 0) is 30.7 Å². The van der Waals surface area contributed by atoms with Gasteiger partial charge in [-0.3, -0.25) is 10.1 Å². The maximum Gasteiger partial charge on any atom is 0.274 e. The molecule has 0 saturated carbocycles. The first-order chi connectivity index (χ1) is 9.86. The molecule has 0 aliphatic rings. The van der Waals surface area contributed by atoms with Crippen LogP contribution in [0, 0.1) is 15.9 Å². The molecule has 2 aromatic carbocycles. The Hall–Kier alpha value is -1.66. The average Bonchev–Trinajstić information content (AvgIpc) is 2.37. The van der Waals surface area contributed by atoms with Crippen LogP contribution in [-0.2, 0) is 0 Å². The maximum absolute atomic E-state index is 13.4. The molecule has 1 atom stereocenters. The molecule has 1 N–H and O–H groups in total. The molecule has 0 amide bonds. The average molecular weight is 374 g/mol. The van der Waals surface area contributed by atoms with Crippen LogP contribution in [-0.4, -0.2) is 4.92 Å². The number of nitro benzene ring substituents is 1. The number of benzene rings is 2. The van der Waals surface area contributed by atoms with Gasteiger partial charge in [0.1, 0.15) is 5.82 Å². The van der Waals surface area contributed by atoms with E-state index in [1.165, 1.54) is 12.1 Å². The number of nitrogens with zero attached hydrogens (tertiary/aromatic N) is 1. The first kappa shape index (κ1) is 15.7. The summed E-state index contributed by atoms with van der Waals surface area (Å²) in [4.78, 5) is 10.1. The number of nitrogens with one attached hydrogen (secondary N) is 1. The Kier molecular flexibility index (Phi) is 4.80. The zero-order chi connectivity index (χ0) is 15.6. The third kappa shape index (κ3) is 3.92. The Morgan fingerprint density at radius 2 is 2.05 bits per heavy atom. The summed E-state index contributed by atoms with van der Waals surface area (Å²) in [7, 11) is 0. The lowest BCUT2D eigenvalue weighted by Crippen LogP contribution is -2.07. The van der Waals surface area contributed by atoms with E-state index in [2.05, 4.69) is 21.2 Å². The lowest BCUT2D eigenvalue weighted by atomic mass is 10.1. The fraction of sp³-hybridized carbons (Fsp3) is 0.143. The van der Waals surface area contributed by atoms with E-state index in [4.69, 9.17) is 11.6 Å². The monoisotopic (exact) mass is 372 g/mol. The molecule has 1 unspecified atom stereocenters. The molecule has 2 aromatic rings. The summed E-state index contributed by atoms with van der Waals surface area (Å²) in [6, 6.07) is 8.56. The molecule has 2 rings (SSSR count). The van der Waals surface area contributed by atoms with E-state index in [0.717, 1.165) is 16.1 Å². The molecule has 7 heteroatoms. The molecule has 110 valence electrons. The van der Waals surface area contributed by atoms with Gasteiger partial charge in [-0.15, -0.1) is 0 Å². The molecular weight excluding hydrogens is 363 g/mol. The van der Waals surface area contributed by atoms with Crippen LogP contribution in [0.2, 0.25) is 5.02 Å². The number of rotatable bonds is 4. The number of hydrogen-bond acceptors (Lipinski definition) is 3. The van der Waals surface area contributed by atoms with Gasteiger partial charge < -0.3 is 5.32 Å². The fourth-order valence-electron chi connectivity index (χ4n) is 1.94. The topological polar surface area (TPSA) is 55.2 Å². The molecule has 0 aliphatic carbocycles. The van der Waals surface area contributed by atoms with Crippen molar-refractivity contribution in [3.8, 4) is 0 Å². The lowest BCUT2D eigenvalue weighted by Gasteiger charge is -2.17. The predicted molar refractivity (Wildman–Crippen MR) is 84.2 cm³/mol. The van der Waals surface area contributed by atoms with Gasteiger partial charge in [-0.1, -0.05) is 33.6 Å². The third-order valence-corrected chi connectivity index (χ3v) is 3.73. The van der Waals surface area contributed by atoms with E-state index >= 15 is 0 Å². The van der Waals surface area contributed by atoms with Gasteiger partial charge in [0.15, 0.2) is 0 Å². The minimum Gasteiger partial charge on any atom is -0.378 e. The van der Waals surface area contributed by atoms with Crippen molar-refractivity contribution in [1.82, 2.24) is 0 Å². The van der Waals surface area contributed by atoms with E-state index in [1.54, 1.807) is 6.07 Å². The largest absolute Gasteiger partial charge is 0.378 e. The molecule has 21 heavy (non-hydrogen) atoms. The molecule has 0 bridgehead atoms. The first-order valence-corrected chi connectivity index (χ1v) is 7.20. The van der Waals surface area contributed by atoms with Gasteiger partial charge in [-0.25, -0.2) is 4.39 Å². The standard InChI is InChI=1S/C14H11BrClFN2O2/c1-8(13-3-2-9(15)4-14(13)16)18-11-5-10(17)6-12(7-11)19(20)21/h2-8,18H,1H3. The normalized spacial score (nSPS) is 12.0. The number of nitro groups is 1. The minimum atomic E-state index is -0.666. The van der Waals surface area contributed by atoms with Crippen LogP contribution in [0.4, 0.5) is 15.8 Å². The van der Waals surface area contributed by atoms with Crippen molar-refractivity contribution in [2.24, 2.45) is 0 Å². The second-order valence-electron chi connectivity index (χ2n) is 4.49. The van der Waals surface area contributed by atoms with Crippen molar-refractivity contribution in [2.45, 2.75) is 13.0 Å². The predicted octanol–water partition coefficient (Wildman–Crippen LogP) is 5.32. The summed E-state index contributed by atoms with van der Waals surface area (Å²) in [6.45, 7) is 1.84. The van der Waals surface area contributed by atoms with Crippen molar-refractivity contribution in [1.29, 1.82) is 0 Å². The van der Waals surface area contributed by atoms with Crippen molar-refractivity contribution in [3.05, 3.63) is 67.4 Å².